The summed E-state index contributed by atoms with van der Waals surface area (Å²) < 4.78 is 16.2. The highest BCUT2D eigenvalue weighted by molar-refractivity contribution is 5.72. The number of rotatable bonds is 6. The lowest BCUT2D eigenvalue weighted by atomic mass is 9.91. The first kappa shape index (κ1) is 19.8. The molecule has 3 aromatic rings. The number of carbonyl (C=O) groups excluding carboxylic acids is 1. The van der Waals surface area contributed by atoms with Crippen molar-refractivity contribution in [1.29, 1.82) is 0 Å². The van der Waals surface area contributed by atoms with Gasteiger partial charge in [-0.3, -0.25) is 4.90 Å². The second-order valence-electron chi connectivity index (χ2n) is 7.06. The Morgan fingerprint density at radius 3 is 2.03 bits per heavy atom. The number of nitrogens with zero attached hydrogens (tertiary/aromatic N) is 1. The Kier molecular flexibility index (Phi) is 5.33. The molecule has 4 rings (SSSR count). The van der Waals surface area contributed by atoms with Gasteiger partial charge in [0.15, 0.2) is 6.10 Å². The zero-order valence-corrected chi connectivity index (χ0v) is 16.8. The van der Waals surface area contributed by atoms with Gasteiger partial charge < -0.3 is 19.3 Å². The molecule has 0 saturated carbocycles. The largest absolute Gasteiger partial charge is 0.497 e. The number of aliphatic hydroxyl groups is 1. The fourth-order valence-corrected chi connectivity index (χ4v) is 3.70. The predicted octanol–water partition coefficient (Wildman–Crippen LogP) is 4.24. The molecule has 2 atom stereocenters. The van der Waals surface area contributed by atoms with Gasteiger partial charge in [0.05, 0.1) is 20.8 Å². The van der Waals surface area contributed by atoms with Crippen LogP contribution in [0.15, 0.2) is 78.9 Å². The van der Waals surface area contributed by atoms with E-state index < -0.39 is 17.9 Å². The monoisotopic (exact) mass is 405 g/mol. The van der Waals surface area contributed by atoms with E-state index in [-0.39, 0.29) is 6.54 Å². The Balaban J connectivity index is 1.79. The molecule has 1 amide bonds. The van der Waals surface area contributed by atoms with E-state index in [1.807, 2.05) is 30.3 Å². The maximum Gasteiger partial charge on any atom is 0.413 e. The molecule has 0 aliphatic carbocycles. The van der Waals surface area contributed by atoms with Crippen molar-refractivity contribution in [2.45, 2.75) is 18.4 Å². The number of hydrogen-bond donors (Lipinski definition) is 1. The standard InChI is InChI=1S/C24H23NO5/c1-28-20-12-8-18(9-13-20)22-24(27,19-10-14-21(29-2)15-11-19)25(23(26)30-22)16-17-6-4-3-5-7-17/h3-15,22,27H,16H2,1-2H3. The first-order valence-corrected chi connectivity index (χ1v) is 9.59. The van der Waals surface area contributed by atoms with E-state index in [0.717, 1.165) is 5.56 Å². The minimum absolute atomic E-state index is 0.203. The van der Waals surface area contributed by atoms with Gasteiger partial charge in [0.25, 0.3) is 0 Å². The van der Waals surface area contributed by atoms with Gasteiger partial charge >= 0.3 is 6.09 Å². The molecule has 0 spiro atoms. The number of cyclic esters (lactones) is 1. The zero-order valence-electron chi connectivity index (χ0n) is 16.8. The van der Waals surface area contributed by atoms with Crippen LogP contribution in [-0.2, 0) is 17.0 Å². The van der Waals surface area contributed by atoms with Gasteiger partial charge in [-0.05, 0) is 35.4 Å². The van der Waals surface area contributed by atoms with Gasteiger partial charge in [0.2, 0.25) is 5.72 Å². The number of hydrogen-bond acceptors (Lipinski definition) is 5. The Labute approximate surface area is 175 Å². The van der Waals surface area contributed by atoms with E-state index in [1.165, 1.54) is 4.90 Å². The average molecular weight is 405 g/mol. The van der Waals surface area contributed by atoms with Crippen LogP contribution in [0, 0.1) is 0 Å². The molecule has 154 valence electrons. The van der Waals surface area contributed by atoms with Crippen molar-refractivity contribution >= 4 is 6.09 Å². The molecule has 1 fully saturated rings. The van der Waals surface area contributed by atoms with Crippen molar-refractivity contribution in [2.75, 3.05) is 14.2 Å². The predicted molar refractivity (Wildman–Crippen MR) is 111 cm³/mol. The molecule has 1 heterocycles. The summed E-state index contributed by atoms with van der Waals surface area (Å²) >= 11 is 0. The third kappa shape index (κ3) is 3.46. The lowest BCUT2D eigenvalue weighted by Crippen LogP contribution is -2.45. The Hall–Kier alpha value is -3.51. The van der Waals surface area contributed by atoms with Crippen LogP contribution < -0.4 is 9.47 Å². The Morgan fingerprint density at radius 1 is 0.900 bits per heavy atom. The number of amides is 1. The van der Waals surface area contributed by atoms with E-state index in [4.69, 9.17) is 14.2 Å². The van der Waals surface area contributed by atoms with Crippen LogP contribution in [0.1, 0.15) is 22.8 Å². The van der Waals surface area contributed by atoms with Crippen LogP contribution in [0.25, 0.3) is 0 Å². The molecular formula is C24H23NO5. The summed E-state index contributed by atoms with van der Waals surface area (Å²) in [5, 5.41) is 12.0. The molecule has 2 unspecified atom stereocenters. The first-order chi connectivity index (χ1) is 14.6. The summed E-state index contributed by atoms with van der Waals surface area (Å²) in [5.41, 5.74) is 0.383. The normalized spacial score (nSPS) is 20.7. The van der Waals surface area contributed by atoms with E-state index in [2.05, 4.69) is 0 Å². The topological polar surface area (TPSA) is 68.2 Å². The van der Waals surface area contributed by atoms with Gasteiger partial charge in [-0.1, -0.05) is 54.6 Å². The maximum absolute atomic E-state index is 12.9. The van der Waals surface area contributed by atoms with Crippen molar-refractivity contribution in [3.05, 3.63) is 95.6 Å². The molecule has 1 aliphatic heterocycles. The van der Waals surface area contributed by atoms with Gasteiger partial charge in [0, 0.05) is 5.56 Å². The van der Waals surface area contributed by atoms with Gasteiger partial charge in [0.1, 0.15) is 11.5 Å². The molecule has 1 N–H and O–H groups in total. The van der Waals surface area contributed by atoms with Crippen molar-refractivity contribution in [3.8, 4) is 11.5 Å². The Bertz CT molecular complexity index is 1000. The average Bonchev–Trinajstić information content (AvgIpc) is 3.06. The fourth-order valence-electron chi connectivity index (χ4n) is 3.70. The van der Waals surface area contributed by atoms with Crippen LogP contribution >= 0.6 is 0 Å². The van der Waals surface area contributed by atoms with Crippen molar-refractivity contribution in [3.63, 3.8) is 0 Å². The van der Waals surface area contributed by atoms with E-state index >= 15 is 0 Å². The number of ether oxygens (including phenoxy) is 3. The highest BCUT2D eigenvalue weighted by Crippen LogP contribution is 2.47. The minimum Gasteiger partial charge on any atom is -0.497 e. The number of benzene rings is 3. The van der Waals surface area contributed by atoms with Crippen LogP contribution in [0.4, 0.5) is 4.79 Å². The zero-order chi connectivity index (χ0) is 21.1. The molecule has 1 aliphatic rings. The van der Waals surface area contributed by atoms with Crippen molar-refractivity contribution < 1.29 is 24.1 Å². The first-order valence-electron chi connectivity index (χ1n) is 9.59. The quantitative estimate of drug-likeness (QED) is 0.664. The molecule has 3 aromatic carbocycles. The molecule has 0 aromatic heterocycles. The summed E-state index contributed by atoms with van der Waals surface area (Å²) in [4.78, 5) is 14.3. The highest BCUT2D eigenvalue weighted by atomic mass is 16.6. The van der Waals surface area contributed by atoms with Crippen LogP contribution in [0.5, 0.6) is 11.5 Å². The van der Waals surface area contributed by atoms with Crippen LogP contribution in [-0.4, -0.2) is 30.3 Å². The van der Waals surface area contributed by atoms with Gasteiger partial charge in [-0.25, -0.2) is 4.79 Å². The third-order valence-corrected chi connectivity index (χ3v) is 5.33. The molecule has 30 heavy (non-hydrogen) atoms. The summed E-state index contributed by atoms with van der Waals surface area (Å²) in [6.45, 7) is 0.203. The Morgan fingerprint density at radius 2 is 1.47 bits per heavy atom. The van der Waals surface area contributed by atoms with Crippen molar-refractivity contribution in [1.82, 2.24) is 4.90 Å². The van der Waals surface area contributed by atoms with Crippen LogP contribution in [0.3, 0.4) is 0 Å². The summed E-state index contributed by atoms with van der Waals surface area (Å²) in [6.07, 6.45) is -1.49. The van der Waals surface area contributed by atoms with E-state index in [0.29, 0.717) is 22.6 Å². The number of methoxy groups -OCH3 is 2. The number of carbonyl (C=O) groups is 1. The lowest BCUT2D eigenvalue weighted by molar-refractivity contribution is -0.113. The molecule has 0 radical (unpaired) electrons. The highest BCUT2D eigenvalue weighted by Gasteiger charge is 2.56. The molecule has 1 saturated heterocycles. The molecular weight excluding hydrogens is 382 g/mol. The maximum atomic E-state index is 12.9. The van der Waals surface area contributed by atoms with E-state index in [1.54, 1.807) is 62.8 Å². The minimum atomic E-state index is -1.70. The third-order valence-electron chi connectivity index (χ3n) is 5.33. The second-order valence-corrected chi connectivity index (χ2v) is 7.06. The summed E-state index contributed by atoms with van der Waals surface area (Å²) in [6, 6.07) is 23.6. The summed E-state index contributed by atoms with van der Waals surface area (Å²) in [5.74, 6) is 1.33. The summed E-state index contributed by atoms with van der Waals surface area (Å²) in [7, 11) is 3.16. The smallest absolute Gasteiger partial charge is 0.413 e. The molecule has 6 nitrogen and oxygen atoms in total. The van der Waals surface area contributed by atoms with Crippen LogP contribution in [0.2, 0.25) is 0 Å². The second kappa shape index (κ2) is 8.08. The van der Waals surface area contributed by atoms with Gasteiger partial charge in [-0.2, -0.15) is 0 Å². The SMILES string of the molecule is COc1ccc(C2OC(=O)N(Cc3ccccc3)C2(O)c2ccc(OC)cc2)cc1. The van der Waals surface area contributed by atoms with E-state index in [9.17, 15) is 9.90 Å². The molecule has 6 heteroatoms. The molecule has 0 bridgehead atoms. The van der Waals surface area contributed by atoms with Gasteiger partial charge in [-0.15, -0.1) is 0 Å². The fraction of sp³-hybridized carbons (Fsp3) is 0.208. The van der Waals surface area contributed by atoms with Crippen molar-refractivity contribution in [2.24, 2.45) is 0 Å². The lowest BCUT2D eigenvalue weighted by Gasteiger charge is -2.35.